The number of nitrogen functional groups attached to an aromatic ring is 1. The van der Waals surface area contributed by atoms with Crippen molar-refractivity contribution in [2.75, 3.05) is 12.3 Å². The summed E-state index contributed by atoms with van der Waals surface area (Å²) >= 11 is 3.10. The largest absolute Gasteiger partial charge is 0.464 e. The van der Waals surface area contributed by atoms with Gasteiger partial charge in [-0.05, 0) is 35.0 Å². The van der Waals surface area contributed by atoms with E-state index in [4.69, 9.17) is 10.5 Å². The summed E-state index contributed by atoms with van der Waals surface area (Å²) in [6.45, 7) is 2.18. The van der Waals surface area contributed by atoms with E-state index in [0.717, 1.165) is 0 Å². The van der Waals surface area contributed by atoms with Crippen LogP contribution in [0.3, 0.4) is 0 Å². The van der Waals surface area contributed by atoms with Crippen LogP contribution in [0.2, 0.25) is 0 Å². The molecule has 0 fully saturated rings. The maximum atomic E-state index is 13.9. The zero-order valence-corrected chi connectivity index (χ0v) is 11.1. The van der Waals surface area contributed by atoms with Gasteiger partial charge in [0.05, 0.1) is 16.6 Å². The number of ether oxygens (including phenoxy) is 1. The molecule has 1 aromatic carbocycles. The van der Waals surface area contributed by atoms with Crippen molar-refractivity contribution in [2.45, 2.75) is 6.92 Å². The standard InChI is InChI=1S/C11H10BrFN4O/c1-2-18-11-16-9(15-10(14)17-11)6-4-3-5-7(12)8(6)13/h3-5H,2H2,1H3,(H2,14,15,16,17). The fourth-order valence-electron chi connectivity index (χ4n) is 1.36. The minimum absolute atomic E-state index is 0.0113. The van der Waals surface area contributed by atoms with Gasteiger partial charge in [-0.3, -0.25) is 0 Å². The molecule has 0 aliphatic rings. The van der Waals surface area contributed by atoms with Crippen LogP contribution in [0.15, 0.2) is 22.7 Å². The number of hydrogen-bond acceptors (Lipinski definition) is 5. The second-order valence-electron chi connectivity index (χ2n) is 3.33. The first kappa shape index (κ1) is 12.7. The van der Waals surface area contributed by atoms with Gasteiger partial charge in [-0.1, -0.05) is 6.07 Å². The van der Waals surface area contributed by atoms with Crippen molar-refractivity contribution in [1.29, 1.82) is 0 Å². The smallest absolute Gasteiger partial charge is 0.321 e. The van der Waals surface area contributed by atoms with Crippen molar-refractivity contribution in [2.24, 2.45) is 0 Å². The lowest BCUT2D eigenvalue weighted by Gasteiger charge is -2.06. The summed E-state index contributed by atoms with van der Waals surface area (Å²) in [5, 5.41) is 0. The molecule has 2 rings (SSSR count). The Morgan fingerprint density at radius 3 is 2.83 bits per heavy atom. The van der Waals surface area contributed by atoms with Gasteiger partial charge in [0.25, 0.3) is 0 Å². The normalized spacial score (nSPS) is 10.4. The van der Waals surface area contributed by atoms with Crippen molar-refractivity contribution in [3.63, 3.8) is 0 Å². The summed E-state index contributed by atoms with van der Waals surface area (Å²) in [5.74, 6) is -0.321. The molecule has 0 saturated heterocycles. The highest BCUT2D eigenvalue weighted by Gasteiger charge is 2.13. The van der Waals surface area contributed by atoms with E-state index in [-0.39, 0.29) is 23.3 Å². The van der Waals surface area contributed by atoms with Gasteiger partial charge >= 0.3 is 6.01 Å². The molecule has 0 aliphatic carbocycles. The number of rotatable bonds is 3. The number of hydrogen-bond donors (Lipinski definition) is 1. The van der Waals surface area contributed by atoms with Crippen molar-refractivity contribution < 1.29 is 9.13 Å². The van der Waals surface area contributed by atoms with Crippen molar-refractivity contribution in [3.05, 3.63) is 28.5 Å². The Labute approximate surface area is 111 Å². The molecule has 1 heterocycles. The van der Waals surface area contributed by atoms with Crippen LogP contribution in [0.1, 0.15) is 6.92 Å². The summed E-state index contributed by atoms with van der Waals surface area (Å²) in [6, 6.07) is 4.92. The number of halogens is 2. The zero-order chi connectivity index (χ0) is 13.1. The van der Waals surface area contributed by atoms with Gasteiger partial charge in [-0.15, -0.1) is 0 Å². The maximum Gasteiger partial charge on any atom is 0.321 e. The van der Waals surface area contributed by atoms with E-state index < -0.39 is 5.82 Å². The van der Waals surface area contributed by atoms with Crippen LogP contribution in [-0.4, -0.2) is 21.6 Å². The molecule has 0 saturated carbocycles. The Bertz CT molecular complexity index is 579. The number of aromatic nitrogens is 3. The summed E-state index contributed by atoms with van der Waals surface area (Å²) in [6.07, 6.45) is 0. The van der Waals surface area contributed by atoms with Crippen molar-refractivity contribution in [3.8, 4) is 17.4 Å². The molecule has 2 N–H and O–H groups in total. The molecular formula is C11H10BrFN4O. The van der Waals surface area contributed by atoms with Gasteiger partial charge < -0.3 is 10.5 Å². The SMILES string of the molecule is CCOc1nc(N)nc(-c2cccc(Br)c2F)n1. The van der Waals surface area contributed by atoms with E-state index >= 15 is 0 Å². The molecule has 0 spiro atoms. The van der Waals surface area contributed by atoms with E-state index in [0.29, 0.717) is 11.1 Å². The van der Waals surface area contributed by atoms with Crippen LogP contribution in [0.25, 0.3) is 11.4 Å². The Morgan fingerprint density at radius 1 is 1.33 bits per heavy atom. The Hall–Kier alpha value is -1.76. The third kappa shape index (κ3) is 2.56. The predicted octanol–water partition coefficient (Wildman–Crippen LogP) is 2.42. The number of anilines is 1. The van der Waals surface area contributed by atoms with Crippen LogP contribution in [0.5, 0.6) is 6.01 Å². The molecule has 0 amide bonds. The monoisotopic (exact) mass is 312 g/mol. The summed E-state index contributed by atoms with van der Waals surface area (Å²) in [7, 11) is 0. The van der Waals surface area contributed by atoms with Crippen LogP contribution in [0, 0.1) is 5.82 Å². The summed E-state index contributed by atoms with van der Waals surface area (Å²) in [4.78, 5) is 11.7. The molecule has 94 valence electrons. The molecule has 1 aromatic heterocycles. The second kappa shape index (κ2) is 5.26. The van der Waals surface area contributed by atoms with E-state index in [9.17, 15) is 4.39 Å². The van der Waals surface area contributed by atoms with Gasteiger partial charge in [-0.25, -0.2) is 4.39 Å². The first-order valence-electron chi connectivity index (χ1n) is 5.20. The molecule has 7 heteroatoms. The summed E-state index contributed by atoms with van der Waals surface area (Å²) < 4.78 is 19.4. The maximum absolute atomic E-state index is 13.9. The number of nitrogens with zero attached hydrogens (tertiary/aromatic N) is 3. The lowest BCUT2D eigenvalue weighted by Crippen LogP contribution is -2.05. The van der Waals surface area contributed by atoms with Crippen LogP contribution < -0.4 is 10.5 Å². The third-order valence-corrected chi connectivity index (χ3v) is 2.71. The zero-order valence-electron chi connectivity index (χ0n) is 9.52. The predicted molar refractivity (Wildman–Crippen MR) is 68.5 cm³/mol. The van der Waals surface area contributed by atoms with E-state index in [2.05, 4.69) is 30.9 Å². The Kier molecular flexibility index (Phi) is 3.71. The van der Waals surface area contributed by atoms with Gasteiger partial charge in [0, 0.05) is 0 Å². The van der Waals surface area contributed by atoms with Crippen LogP contribution in [-0.2, 0) is 0 Å². The van der Waals surface area contributed by atoms with Crippen molar-refractivity contribution >= 4 is 21.9 Å². The molecule has 0 aliphatic heterocycles. The van der Waals surface area contributed by atoms with Gasteiger partial charge in [0.15, 0.2) is 5.82 Å². The third-order valence-electron chi connectivity index (χ3n) is 2.10. The van der Waals surface area contributed by atoms with Crippen LogP contribution in [0.4, 0.5) is 10.3 Å². The fraction of sp³-hybridized carbons (Fsp3) is 0.182. The quantitative estimate of drug-likeness (QED) is 0.942. The Balaban J connectivity index is 2.53. The summed E-state index contributed by atoms with van der Waals surface area (Å²) in [5.41, 5.74) is 5.77. The minimum atomic E-state index is -0.453. The van der Waals surface area contributed by atoms with Gasteiger partial charge in [0.1, 0.15) is 5.82 Å². The number of benzene rings is 1. The van der Waals surface area contributed by atoms with Crippen LogP contribution >= 0.6 is 15.9 Å². The molecule has 5 nitrogen and oxygen atoms in total. The molecule has 18 heavy (non-hydrogen) atoms. The van der Waals surface area contributed by atoms with E-state index in [1.807, 2.05) is 0 Å². The molecular weight excluding hydrogens is 303 g/mol. The van der Waals surface area contributed by atoms with E-state index in [1.165, 1.54) is 0 Å². The van der Waals surface area contributed by atoms with Gasteiger partial charge in [-0.2, -0.15) is 15.0 Å². The molecule has 0 bridgehead atoms. The first-order valence-corrected chi connectivity index (χ1v) is 6.00. The van der Waals surface area contributed by atoms with E-state index in [1.54, 1.807) is 25.1 Å². The average Bonchev–Trinajstić information content (AvgIpc) is 2.32. The minimum Gasteiger partial charge on any atom is -0.464 e. The van der Waals surface area contributed by atoms with Gasteiger partial charge in [0.2, 0.25) is 5.95 Å². The Morgan fingerprint density at radius 2 is 2.11 bits per heavy atom. The van der Waals surface area contributed by atoms with Crippen molar-refractivity contribution in [1.82, 2.24) is 15.0 Å². The fourth-order valence-corrected chi connectivity index (χ4v) is 1.73. The second-order valence-corrected chi connectivity index (χ2v) is 4.19. The molecule has 0 atom stereocenters. The topological polar surface area (TPSA) is 73.9 Å². The first-order chi connectivity index (χ1) is 8.61. The highest BCUT2D eigenvalue weighted by molar-refractivity contribution is 9.10. The molecule has 0 radical (unpaired) electrons. The number of nitrogens with two attached hydrogens (primary N) is 1. The average molecular weight is 313 g/mol. The lowest BCUT2D eigenvalue weighted by molar-refractivity contribution is 0.312. The molecule has 0 unspecified atom stereocenters. The molecule has 2 aromatic rings. The highest BCUT2D eigenvalue weighted by atomic mass is 79.9. The highest BCUT2D eigenvalue weighted by Crippen LogP contribution is 2.26. The lowest BCUT2D eigenvalue weighted by atomic mass is 10.2.